The van der Waals surface area contributed by atoms with Crippen molar-refractivity contribution < 1.29 is 22.7 Å². The van der Waals surface area contributed by atoms with Crippen molar-refractivity contribution >= 4 is 39.0 Å². The molecule has 1 amide bonds. The predicted octanol–water partition coefficient (Wildman–Crippen LogP) is 3.78. The molecular formula is C25H32N4O5S. The van der Waals surface area contributed by atoms with Crippen LogP contribution in [0.2, 0.25) is 0 Å². The molecule has 1 aromatic carbocycles. The Hall–Kier alpha value is -3.14. The maximum Gasteiger partial charge on any atom is 0.306 e. The second kappa shape index (κ2) is 9.49. The number of pyridine rings is 1. The molecule has 1 saturated carbocycles. The van der Waals surface area contributed by atoms with E-state index < -0.39 is 15.4 Å². The molecule has 35 heavy (non-hydrogen) atoms. The zero-order chi connectivity index (χ0) is 25.4. The van der Waals surface area contributed by atoms with Gasteiger partial charge in [-0.3, -0.25) is 9.59 Å². The number of carbonyl (C=O) groups is 2. The van der Waals surface area contributed by atoms with Gasteiger partial charge in [0.1, 0.15) is 17.2 Å². The van der Waals surface area contributed by atoms with Crippen LogP contribution in [-0.2, 0) is 25.9 Å². The Balaban J connectivity index is 1.57. The molecule has 1 aliphatic heterocycles. The fourth-order valence-corrected chi connectivity index (χ4v) is 5.29. The van der Waals surface area contributed by atoms with E-state index in [-0.39, 0.29) is 28.7 Å². The lowest BCUT2D eigenvalue weighted by Crippen LogP contribution is -2.30. The van der Waals surface area contributed by atoms with Crippen LogP contribution in [0.5, 0.6) is 0 Å². The Bertz CT molecular complexity index is 1250. The van der Waals surface area contributed by atoms with Gasteiger partial charge in [0.25, 0.3) is 5.91 Å². The summed E-state index contributed by atoms with van der Waals surface area (Å²) in [5, 5.41) is 9.42. The summed E-state index contributed by atoms with van der Waals surface area (Å²) in [6, 6.07) is 8.32. The summed E-state index contributed by atoms with van der Waals surface area (Å²) >= 11 is 0. The number of amides is 1. The number of esters is 1. The number of carbonyl (C=O) groups excluding carboxylic acids is 2. The van der Waals surface area contributed by atoms with Gasteiger partial charge in [-0.2, -0.15) is 0 Å². The summed E-state index contributed by atoms with van der Waals surface area (Å²) in [6.45, 7) is 5.97. The fraction of sp³-hybridized carbons (Fsp3) is 0.480. The standard InChI is InChI=1S/C25H32N4O5S/c1-25(2,3)34-21(30)12-15-7-5-10-19(15)28-20-11-16-14-26-24(31)22(16)23(29-20)27-17-8-6-9-18(13-17)35(4,32)33/h6,8-9,11,13,15,19H,5,7,10,12,14H2,1-4H3,(H,26,31)(H2,27,28,29)/t15-,19-/m1/s1. The van der Waals surface area contributed by atoms with Crippen LogP contribution in [0.25, 0.3) is 0 Å². The maximum absolute atomic E-state index is 12.5. The highest BCUT2D eigenvalue weighted by molar-refractivity contribution is 7.90. The van der Waals surface area contributed by atoms with Gasteiger partial charge in [-0.15, -0.1) is 0 Å². The first-order valence-corrected chi connectivity index (χ1v) is 13.7. The highest BCUT2D eigenvalue weighted by atomic mass is 32.2. The van der Waals surface area contributed by atoms with Crippen molar-refractivity contribution in [3.63, 3.8) is 0 Å². The van der Waals surface area contributed by atoms with Gasteiger partial charge >= 0.3 is 5.97 Å². The number of hydrogen-bond donors (Lipinski definition) is 3. The summed E-state index contributed by atoms with van der Waals surface area (Å²) in [5.41, 5.74) is 1.24. The first-order valence-electron chi connectivity index (χ1n) is 11.8. The third-order valence-corrected chi connectivity index (χ3v) is 7.24. The van der Waals surface area contributed by atoms with Gasteiger partial charge in [-0.25, -0.2) is 13.4 Å². The van der Waals surface area contributed by atoms with Crippen LogP contribution in [0.1, 0.15) is 62.4 Å². The number of fused-ring (bicyclic) bond motifs is 1. The molecule has 0 spiro atoms. The lowest BCUT2D eigenvalue weighted by Gasteiger charge is -2.24. The highest BCUT2D eigenvalue weighted by Crippen LogP contribution is 2.34. The van der Waals surface area contributed by atoms with Crippen molar-refractivity contribution in [1.29, 1.82) is 0 Å². The van der Waals surface area contributed by atoms with E-state index in [9.17, 15) is 18.0 Å². The summed E-state index contributed by atoms with van der Waals surface area (Å²) in [6.07, 6.45) is 4.31. The van der Waals surface area contributed by atoms with Gasteiger partial charge in [0.15, 0.2) is 9.84 Å². The topological polar surface area (TPSA) is 126 Å². The molecule has 1 fully saturated rings. The molecule has 2 heterocycles. The van der Waals surface area contributed by atoms with Crippen LogP contribution >= 0.6 is 0 Å². The predicted molar refractivity (Wildman–Crippen MR) is 133 cm³/mol. The number of aromatic nitrogens is 1. The van der Waals surface area contributed by atoms with Crippen molar-refractivity contribution in [3.05, 3.63) is 41.5 Å². The number of sulfone groups is 1. The first-order chi connectivity index (χ1) is 16.4. The third kappa shape index (κ3) is 6.11. The lowest BCUT2D eigenvalue weighted by atomic mass is 9.99. The molecule has 2 aromatic rings. The Kier molecular flexibility index (Phi) is 6.77. The Morgan fingerprint density at radius 2 is 2.00 bits per heavy atom. The number of anilines is 3. The average molecular weight is 501 g/mol. The van der Waals surface area contributed by atoms with Crippen molar-refractivity contribution in [2.45, 2.75) is 69.5 Å². The fourth-order valence-electron chi connectivity index (χ4n) is 4.62. The Morgan fingerprint density at radius 1 is 1.23 bits per heavy atom. The number of rotatable bonds is 7. The molecule has 0 saturated heterocycles. The minimum Gasteiger partial charge on any atom is -0.460 e. The van der Waals surface area contributed by atoms with Gasteiger partial charge < -0.3 is 20.7 Å². The first kappa shape index (κ1) is 25.0. The van der Waals surface area contributed by atoms with E-state index in [1.807, 2.05) is 26.8 Å². The zero-order valence-corrected chi connectivity index (χ0v) is 21.3. The minimum atomic E-state index is -3.38. The molecule has 0 radical (unpaired) electrons. The molecule has 2 atom stereocenters. The van der Waals surface area contributed by atoms with Gasteiger partial charge in [0.05, 0.1) is 16.9 Å². The quantitative estimate of drug-likeness (QED) is 0.490. The average Bonchev–Trinajstić information content (AvgIpc) is 3.32. The van der Waals surface area contributed by atoms with Crippen LogP contribution in [0.15, 0.2) is 35.2 Å². The molecule has 10 heteroatoms. The summed E-state index contributed by atoms with van der Waals surface area (Å²) in [7, 11) is -3.38. The van der Waals surface area contributed by atoms with E-state index >= 15 is 0 Å². The number of nitrogens with zero attached hydrogens (tertiary/aromatic N) is 1. The van der Waals surface area contributed by atoms with E-state index in [0.29, 0.717) is 35.9 Å². The smallest absolute Gasteiger partial charge is 0.306 e. The lowest BCUT2D eigenvalue weighted by molar-refractivity contribution is -0.156. The largest absolute Gasteiger partial charge is 0.460 e. The van der Waals surface area contributed by atoms with Crippen molar-refractivity contribution in [3.8, 4) is 0 Å². The molecule has 188 valence electrons. The van der Waals surface area contributed by atoms with Crippen molar-refractivity contribution in [1.82, 2.24) is 10.3 Å². The zero-order valence-electron chi connectivity index (χ0n) is 20.5. The molecule has 3 N–H and O–H groups in total. The molecular weight excluding hydrogens is 468 g/mol. The molecule has 1 aliphatic carbocycles. The van der Waals surface area contributed by atoms with Gasteiger partial charge in [0.2, 0.25) is 0 Å². The SMILES string of the molecule is CC(C)(C)OC(=O)C[C@H]1CCC[C@H]1Nc1cc2c(c(Nc3cccc(S(C)(=O)=O)c3)n1)C(=O)NC2. The van der Waals surface area contributed by atoms with Gasteiger partial charge in [-0.05, 0) is 69.4 Å². The second-order valence-corrected chi connectivity index (χ2v) is 12.2. The molecule has 4 rings (SSSR count). The van der Waals surface area contributed by atoms with Crippen LogP contribution in [0, 0.1) is 5.92 Å². The summed E-state index contributed by atoms with van der Waals surface area (Å²) < 4.78 is 29.4. The number of nitrogens with one attached hydrogen (secondary N) is 3. The number of ether oxygens (including phenoxy) is 1. The van der Waals surface area contributed by atoms with Gasteiger partial charge in [0, 0.05) is 24.5 Å². The molecule has 9 nitrogen and oxygen atoms in total. The van der Waals surface area contributed by atoms with Crippen LogP contribution < -0.4 is 16.0 Å². The van der Waals surface area contributed by atoms with E-state index in [2.05, 4.69) is 20.9 Å². The molecule has 2 aliphatic rings. The Morgan fingerprint density at radius 3 is 2.71 bits per heavy atom. The summed E-state index contributed by atoms with van der Waals surface area (Å²) in [5.74, 6) is 0.642. The van der Waals surface area contributed by atoms with Crippen LogP contribution in [0.4, 0.5) is 17.3 Å². The van der Waals surface area contributed by atoms with Crippen LogP contribution in [-0.4, -0.2) is 43.2 Å². The second-order valence-electron chi connectivity index (χ2n) is 10.2. The van der Waals surface area contributed by atoms with E-state index in [4.69, 9.17) is 4.74 Å². The third-order valence-electron chi connectivity index (χ3n) is 6.13. The van der Waals surface area contributed by atoms with E-state index in [0.717, 1.165) is 31.1 Å². The highest BCUT2D eigenvalue weighted by Gasteiger charge is 2.32. The molecule has 1 aromatic heterocycles. The van der Waals surface area contributed by atoms with E-state index in [1.54, 1.807) is 12.1 Å². The Labute approximate surface area is 206 Å². The summed E-state index contributed by atoms with van der Waals surface area (Å²) in [4.78, 5) is 29.7. The monoisotopic (exact) mass is 500 g/mol. The van der Waals surface area contributed by atoms with Crippen molar-refractivity contribution in [2.75, 3.05) is 16.9 Å². The van der Waals surface area contributed by atoms with Crippen LogP contribution in [0.3, 0.4) is 0 Å². The molecule has 0 bridgehead atoms. The van der Waals surface area contributed by atoms with Gasteiger partial charge in [-0.1, -0.05) is 12.5 Å². The van der Waals surface area contributed by atoms with Crippen molar-refractivity contribution in [2.24, 2.45) is 5.92 Å². The number of benzene rings is 1. The number of hydrogen-bond acceptors (Lipinski definition) is 8. The normalized spacial score (nSPS) is 19.7. The molecule has 0 unspecified atom stereocenters. The maximum atomic E-state index is 12.5. The minimum absolute atomic E-state index is 0.0551. The van der Waals surface area contributed by atoms with E-state index in [1.165, 1.54) is 12.1 Å².